The summed E-state index contributed by atoms with van der Waals surface area (Å²) in [6.45, 7) is 2.18. The normalized spacial score (nSPS) is 16.2. The second-order valence-corrected chi connectivity index (χ2v) is 3.90. The van der Waals surface area contributed by atoms with Crippen molar-refractivity contribution in [1.29, 1.82) is 0 Å². The molecule has 17 heavy (non-hydrogen) atoms. The van der Waals surface area contributed by atoms with E-state index in [1.165, 1.54) is 0 Å². The Bertz CT molecular complexity index is 426. The molecule has 1 heterocycles. The molecule has 4 nitrogen and oxygen atoms in total. The number of carbonyl (C=O) groups excluding carboxylic acids is 2. The van der Waals surface area contributed by atoms with Crippen molar-refractivity contribution in [3.05, 3.63) is 35.4 Å². The van der Waals surface area contributed by atoms with Gasteiger partial charge in [-0.1, -0.05) is 12.1 Å². The summed E-state index contributed by atoms with van der Waals surface area (Å²) in [6.07, 6.45) is -0.700. The topological polar surface area (TPSA) is 46.6 Å². The van der Waals surface area contributed by atoms with Gasteiger partial charge >= 0.3 is 0 Å². The largest absolute Gasteiger partial charge is 0.357 e. The van der Waals surface area contributed by atoms with Gasteiger partial charge in [-0.05, 0) is 19.1 Å². The van der Waals surface area contributed by atoms with Crippen LogP contribution in [0.2, 0.25) is 0 Å². The van der Waals surface area contributed by atoms with E-state index >= 15 is 0 Å². The average Bonchev–Trinajstić information content (AvgIpc) is 2.61. The van der Waals surface area contributed by atoms with Crippen LogP contribution >= 0.6 is 11.6 Å². The van der Waals surface area contributed by atoms with Gasteiger partial charge in [-0.15, -0.1) is 11.6 Å². The Morgan fingerprint density at radius 2 is 1.76 bits per heavy atom. The van der Waals surface area contributed by atoms with E-state index in [4.69, 9.17) is 16.3 Å². The molecule has 1 aliphatic heterocycles. The van der Waals surface area contributed by atoms with Crippen molar-refractivity contribution in [3.8, 4) is 0 Å². The van der Waals surface area contributed by atoms with E-state index in [-0.39, 0.29) is 17.7 Å². The number of halogens is 1. The van der Waals surface area contributed by atoms with Crippen LogP contribution in [0.3, 0.4) is 0 Å². The predicted octanol–water partition coefficient (Wildman–Crippen LogP) is 1.88. The molecule has 0 N–H and O–H groups in total. The van der Waals surface area contributed by atoms with Crippen LogP contribution in [0.5, 0.6) is 0 Å². The second-order valence-electron chi connectivity index (χ2n) is 3.59. The van der Waals surface area contributed by atoms with Gasteiger partial charge in [-0.2, -0.15) is 0 Å². The lowest BCUT2D eigenvalue weighted by atomic mass is 10.1. The number of nitrogens with zero attached hydrogens (tertiary/aromatic N) is 1. The number of hydrogen-bond donors (Lipinski definition) is 0. The third-order valence-corrected chi connectivity index (χ3v) is 2.87. The standard InChI is InChI=1S/C12H12ClNO3/c1-2-17-10(7-13)14-11(15)8-5-3-4-6-9(8)12(14)16/h3-6,10H,2,7H2,1H3. The summed E-state index contributed by atoms with van der Waals surface area (Å²) in [5, 5.41) is 0. The zero-order valence-electron chi connectivity index (χ0n) is 9.35. The molecule has 1 atom stereocenters. The van der Waals surface area contributed by atoms with Crippen LogP contribution in [0.1, 0.15) is 27.6 Å². The monoisotopic (exact) mass is 253 g/mol. The maximum absolute atomic E-state index is 12.0. The van der Waals surface area contributed by atoms with Gasteiger partial charge in [0.05, 0.1) is 17.0 Å². The highest BCUT2D eigenvalue weighted by Crippen LogP contribution is 2.25. The smallest absolute Gasteiger partial charge is 0.263 e. The zero-order chi connectivity index (χ0) is 12.4. The van der Waals surface area contributed by atoms with E-state index in [1.54, 1.807) is 31.2 Å². The molecule has 0 saturated carbocycles. The molecule has 2 rings (SSSR count). The maximum Gasteiger partial charge on any atom is 0.263 e. The maximum atomic E-state index is 12.0. The van der Waals surface area contributed by atoms with Crippen molar-refractivity contribution in [3.63, 3.8) is 0 Å². The molecule has 0 bridgehead atoms. The van der Waals surface area contributed by atoms with Crippen LogP contribution in [-0.4, -0.2) is 35.4 Å². The molecule has 0 aliphatic carbocycles. The van der Waals surface area contributed by atoms with Crippen LogP contribution in [-0.2, 0) is 4.74 Å². The first-order chi connectivity index (χ1) is 8.20. The molecule has 0 aromatic heterocycles. The molecule has 1 aliphatic rings. The van der Waals surface area contributed by atoms with E-state index in [1.807, 2.05) is 0 Å². The SMILES string of the molecule is CCOC(CCl)N1C(=O)c2ccccc2C1=O. The molecule has 5 heteroatoms. The second kappa shape index (κ2) is 4.85. The summed E-state index contributed by atoms with van der Waals surface area (Å²) in [4.78, 5) is 25.2. The van der Waals surface area contributed by atoms with Crippen LogP contribution in [0.25, 0.3) is 0 Å². The summed E-state index contributed by atoms with van der Waals surface area (Å²) >= 11 is 5.73. The number of hydrogen-bond acceptors (Lipinski definition) is 3. The van der Waals surface area contributed by atoms with E-state index in [9.17, 15) is 9.59 Å². The Kier molecular flexibility index (Phi) is 3.45. The van der Waals surface area contributed by atoms with Crippen molar-refractivity contribution in [1.82, 2.24) is 4.90 Å². The lowest BCUT2D eigenvalue weighted by Gasteiger charge is -2.23. The number of amides is 2. The fourth-order valence-corrected chi connectivity index (χ4v) is 2.08. The number of benzene rings is 1. The number of carbonyl (C=O) groups is 2. The van der Waals surface area contributed by atoms with Crippen molar-refractivity contribution >= 4 is 23.4 Å². The van der Waals surface area contributed by atoms with Gasteiger partial charge in [0.25, 0.3) is 11.8 Å². The number of imide groups is 1. The molecule has 1 unspecified atom stereocenters. The van der Waals surface area contributed by atoms with E-state index in [2.05, 4.69) is 0 Å². The summed E-state index contributed by atoms with van der Waals surface area (Å²) in [6, 6.07) is 6.72. The Morgan fingerprint density at radius 3 is 2.18 bits per heavy atom. The van der Waals surface area contributed by atoms with Crippen molar-refractivity contribution in [2.45, 2.75) is 13.2 Å². The summed E-state index contributed by atoms with van der Waals surface area (Å²) in [7, 11) is 0. The first-order valence-corrected chi connectivity index (χ1v) is 5.88. The number of alkyl halides is 1. The van der Waals surface area contributed by atoms with Gasteiger partial charge in [0.1, 0.15) is 0 Å². The van der Waals surface area contributed by atoms with Gasteiger partial charge < -0.3 is 4.74 Å². The Morgan fingerprint density at radius 1 is 1.24 bits per heavy atom. The number of rotatable bonds is 4. The van der Waals surface area contributed by atoms with Crippen LogP contribution in [0.4, 0.5) is 0 Å². The third-order valence-electron chi connectivity index (χ3n) is 2.60. The molecule has 0 saturated heterocycles. The zero-order valence-corrected chi connectivity index (χ0v) is 10.1. The highest BCUT2D eigenvalue weighted by molar-refractivity contribution is 6.23. The van der Waals surface area contributed by atoms with Crippen molar-refractivity contribution in [2.75, 3.05) is 12.5 Å². The van der Waals surface area contributed by atoms with Gasteiger partial charge in [-0.3, -0.25) is 9.59 Å². The van der Waals surface area contributed by atoms with Gasteiger partial charge in [0.15, 0.2) is 6.23 Å². The molecule has 2 amide bonds. The predicted molar refractivity (Wildman–Crippen MR) is 63.1 cm³/mol. The quantitative estimate of drug-likeness (QED) is 0.608. The molecule has 1 aromatic rings. The molecule has 90 valence electrons. The Hall–Kier alpha value is -1.39. The molecule has 1 aromatic carbocycles. The minimum absolute atomic E-state index is 0.0688. The molecule has 0 spiro atoms. The molecule has 0 radical (unpaired) electrons. The fourth-order valence-electron chi connectivity index (χ4n) is 1.85. The van der Waals surface area contributed by atoms with Gasteiger partial charge in [0.2, 0.25) is 0 Å². The number of ether oxygens (including phenoxy) is 1. The molecular weight excluding hydrogens is 242 g/mol. The molecular formula is C12H12ClNO3. The van der Waals surface area contributed by atoms with E-state index < -0.39 is 6.23 Å². The van der Waals surface area contributed by atoms with Crippen LogP contribution in [0, 0.1) is 0 Å². The Balaban J connectivity index is 2.35. The lowest BCUT2D eigenvalue weighted by Crippen LogP contribution is -2.42. The Labute approximate surface area is 104 Å². The first-order valence-electron chi connectivity index (χ1n) is 5.35. The number of fused-ring (bicyclic) bond motifs is 1. The minimum atomic E-state index is -0.700. The third kappa shape index (κ3) is 1.94. The minimum Gasteiger partial charge on any atom is -0.357 e. The van der Waals surface area contributed by atoms with Crippen molar-refractivity contribution in [2.24, 2.45) is 0 Å². The summed E-state index contributed by atoms with van der Waals surface area (Å²) in [5.74, 6) is -0.617. The summed E-state index contributed by atoms with van der Waals surface area (Å²) in [5.41, 5.74) is 0.819. The van der Waals surface area contributed by atoms with Gasteiger partial charge in [0, 0.05) is 6.61 Å². The van der Waals surface area contributed by atoms with Crippen LogP contribution in [0.15, 0.2) is 24.3 Å². The summed E-state index contributed by atoms with van der Waals surface area (Å²) < 4.78 is 5.30. The van der Waals surface area contributed by atoms with Gasteiger partial charge in [-0.25, -0.2) is 4.90 Å². The van der Waals surface area contributed by atoms with Crippen LogP contribution < -0.4 is 0 Å². The van der Waals surface area contributed by atoms with E-state index in [0.717, 1.165) is 4.90 Å². The first kappa shape index (κ1) is 12.1. The highest BCUT2D eigenvalue weighted by Gasteiger charge is 2.39. The van der Waals surface area contributed by atoms with E-state index in [0.29, 0.717) is 17.7 Å². The fraction of sp³-hybridized carbons (Fsp3) is 0.333. The molecule has 0 fully saturated rings. The highest BCUT2D eigenvalue weighted by atomic mass is 35.5. The van der Waals surface area contributed by atoms with Crippen molar-refractivity contribution < 1.29 is 14.3 Å². The lowest BCUT2D eigenvalue weighted by molar-refractivity contribution is -0.0162. The average molecular weight is 254 g/mol.